The monoisotopic (exact) mass is 204 g/mol. The fraction of sp³-hybridized carbons (Fsp3) is 1.00. The van der Waals surface area contributed by atoms with Crippen LogP contribution in [-0.4, -0.2) is 60.0 Å². The van der Waals surface area contributed by atoms with Crippen LogP contribution in [0.1, 0.15) is 20.8 Å². The van der Waals surface area contributed by atoms with E-state index in [-0.39, 0.29) is 18.8 Å². The summed E-state index contributed by atoms with van der Waals surface area (Å²) in [5.41, 5.74) is 0.129. The van der Waals surface area contributed by atoms with Crippen LogP contribution in [0.2, 0.25) is 0 Å². The van der Waals surface area contributed by atoms with Gasteiger partial charge in [0.25, 0.3) is 0 Å². The minimum atomic E-state index is 0.129. The van der Waals surface area contributed by atoms with E-state index in [1.807, 2.05) is 4.90 Å². The van der Waals surface area contributed by atoms with E-state index in [9.17, 15) is 0 Å². The van der Waals surface area contributed by atoms with Gasteiger partial charge in [0.15, 0.2) is 0 Å². The Kier molecular flexibility index (Phi) is 7.09. The molecule has 4 nitrogen and oxygen atoms in total. The molecule has 0 heterocycles. The molecule has 0 bridgehead atoms. The second-order valence-corrected chi connectivity index (χ2v) is 4.47. The van der Waals surface area contributed by atoms with E-state index >= 15 is 0 Å². The van der Waals surface area contributed by atoms with Gasteiger partial charge in [-0.25, -0.2) is 0 Å². The molecular weight excluding hydrogens is 180 g/mol. The molecule has 0 unspecified atom stereocenters. The molecule has 0 amide bonds. The lowest BCUT2D eigenvalue weighted by molar-refractivity contribution is 0.159. The number of hydrogen-bond acceptors (Lipinski definition) is 4. The van der Waals surface area contributed by atoms with Gasteiger partial charge in [-0.15, -0.1) is 0 Å². The van der Waals surface area contributed by atoms with Crippen molar-refractivity contribution in [1.29, 1.82) is 0 Å². The van der Waals surface area contributed by atoms with Gasteiger partial charge < -0.3 is 15.5 Å². The number of nitrogens with one attached hydrogen (secondary N) is 1. The molecule has 0 aliphatic carbocycles. The van der Waals surface area contributed by atoms with Gasteiger partial charge >= 0.3 is 0 Å². The third-order valence-electron chi connectivity index (χ3n) is 1.92. The van der Waals surface area contributed by atoms with Crippen LogP contribution in [0.4, 0.5) is 0 Å². The summed E-state index contributed by atoms with van der Waals surface area (Å²) < 4.78 is 0. The van der Waals surface area contributed by atoms with Gasteiger partial charge in [-0.2, -0.15) is 0 Å². The third-order valence-corrected chi connectivity index (χ3v) is 1.92. The fourth-order valence-corrected chi connectivity index (χ4v) is 1.21. The van der Waals surface area contributed by atoms with E-state index in [1.165, 1.54) is 0 Å². The second-order valence-electron chi connectivity index (χ2n) is 4.47. The molecule has 0 rings (SSSR count). The van der Waals surface area contributed by atoms with E-state index in [0.717, 1.165) is 13.1 Å². The molecule has 0 fully saturated rings. The summed E-state index contributed by atoms with van der Waals surface area (Å²) >= 11 is 0. The van der Waals surface area contributed by atoms with Gasteiger partial charge in [-0.05, 0) is 20.8 Å². The topological polar surface area (TPSA) is 55.7 Å². The fourth-order valence-electron chi connectivity index (χ4n) is 1.21. The molecule has 0 spiro atoms. The lowest BCUT2D eigenvalue weighted by Gasteiger charge is -2.25. The van der Waals surface area contributed by atoms with Crippen molar-refractivity contribution in [2.75, 3.05) is 39.4 Å². The van der Waals surface area contributed by atoms with Gasteiger partial charge in [0, 0.05) is 31.7 Å². The van der Waals surface area contributed by atoms with Gasteiger partial charge in [0.1, 0.15) is 0 Å². The highest BCUT2D eigenvalue weighted by atomic mass is 16.3. The Labute approximate surface area is 86.9 Å². The van der Waals surface area contributed by atoms with Crippen LogP contribution < -0.4 is 5.32 Å². The predicted octanol–water partition coefficient (Wildman–Crippen LogP) is -0.339. The van der Waals surface area contributed by atoms with Crippen LogP contribution in [0, 0.1) is 0 Å². The molecule has 0 aliphatic heterocycles. The zero-order chi connectivity index (χ0) is 11.0. The van der Waals surface area contributed by atoms with E-state index in [0.29, 0.717) is 13.1 Å². The van der Waals surface area contributed by atoms with E-state index in [4.69, 9.17) is 10.2 Å². The zero-order valence-corrected chi connectivity index (χ0v) is 9.58. The average Bonchev–Trinajstić information content (AvgIpc) is 2.02. The number of aliphatic hydroxyl groups excluding tert-OH is 2. The summed E-state index contributed by atoms with van der Waals surface area (Å²) in [6.07, 6.45) is 0. The predicted molar refractivity (Wildman–Crippen MR) is 58.4 cm³/mol. The van der Waals surface area contributed by atoms with Crippen LogP contribution in [-0.2, 0) is 0 Å². The van der Waals surface area contributed by atoms with Crippen LogP contribution in [0.15, 0.2) is 0 Å². The lowest BCUT2D eigenvalue weighted by atomic mass is 10.1. The normalized spacial score (nSPS) is 12.4. The molecule has 0 atom stereocenters. The van der Waals surface area contributed by atoms with Crippen molar-refractivity contribution in [1.82, 2.24) is 10.2 Å². The average molecular weight is 204 g/mol. The van der Waals surface area contributed by atoms with Crippen molar-refractivity contribution in [2.24, 2.45) is 0 Å². The van der Waals surface area contributed by atoms with Crippen molar-refractivity contribution in [3.05, 3.63) is 0 Å². The molecule has 0 aromatic carbocycles. The van der Waals surface area contributed by atoms with Crippen molar-refractivity contribution >= 4 is 0 Å². The van der Waals surface area contributed by atoms with Crippen LogP contribution in [0.5, 0.6) is 0 Å². The smallest absolute Gasteiger partial charge is 0.0558 e. The van der Waals surface area contributed by atoms with Gasteiger partial charge in [0.2, 0.25) is 0 Å². The molecule has 0 radical (unpaired) electrons. The highest BCUT2D eigenvalue weighted by Gasteiger charge is 2.09. The first kappa shape index (κ1) is 13.8. The van der Waals surface area contributed by atoms with E-state index in [2.05, 4.69) is 26.1 Å². The summed E-state index contributed by atoms with van der Waals surface area (Å²) in [4.78, 5) is 2.04. The quantitative estimate of drug-likeness (QED) is 0.531. The molecule has 0 aliphatic rings. The maximum absolute atomic E-state index is 8.78. The Hall–Kier alpha value is -0.160. The highest BCUT2D eigenvalue weighted by molar-refractivity contribution is 4.71. The number of aliphatic hydroxyl groups is 2. The van der Waals surface area contributed by atoms with Crippen molar-refractivity contribution in [3.8, 4) is 0 Å². The summed E-state index contributed by atoms with van der Waals surface area (Å²) in [6.45, 7) is 9.66. The Bertz CT molecular complexity index is 129. The first-order valence-electron chi connectivity index (χ1n) is 5.18. The maximum atomic E-state index is 8.78. The zero-order valence-electron chi connectivity index (χ0n) is 9.58. The minimum Gasteiger partial charge on any atom is -0.395 e. The van der Waals surface area contributed by atoms with Crippen molar-refractivity contribution < 1.29 is 10.2 Å². The lowest BCUT2D eigenvalue weighted by Crippen LogP contribution is -2.42. The summed E-state index contributed by atoms with van der Waals surface area (Å²) in [6, 6.07) is 0. The Morgan fingerprint density at radius 1 is 1.00 bits per heavy atom. The Morgan fingerprint density at radius 2 is 1.50 bits per heavy atom. The molecule has 0 aromatic rings. The SMILES string of the molecule is CC(C)(C)NCCN(CCO)CCO. The van der Waals surface area contributed by atoms with Gasteiger partial charge in [-0.3, -0.25) is 4.90 Å². The molecule has 0 saturated heterocycles. The summed E-state index contributed by atoms with van der Waals surface area (Å²) in [5, 5.41) is 20.9. The van der Waals surface area contributed by atoms with Gasteiger partial charge in [-0.1, -0.05) is 0 Å². The summed E-state index contributed by atoms with van der Waals surface area (Å²) in [5.74, 6) is 0. The van der Waals surface area contributed by atoms with Crippen molar-refractivity contribution in [2.45, 2.75) is 26.3 Å². The highest BCUT2D eigenvalue weighted by Crippen LogP contribution is 1.97. The number of hydrogen-bond donors (Lipinski definition) is 3. The summed E-state index contributed by atoms with van der Waals surface area (Å²) in [7, 11) is 0. The number of nitrogens with zero attached hydrogens (tertiary/aromatic N) is 1. The minimum absolute atomic E-state index is 0.129. The third kappa shape index (κ3) is 8.44. The molecule has 0 saturated carbocycles. The number of rotatable bonds is 7. The van der Waals surface area contributed by atoms with Gasteiger partial charge in [0.05, 0.1) is 13.2 Å². The standard InChI is InChI=1S/C10H24N2O2/c1-10(2,3)11-4-5-12(6-8-13)7-9-14/h11,13-14H,4-9H2,1-3H3. The first-order chi connectivity index (χ1) is 6.49. The second kappa shape index (κ2) is 7.17. The Balaban J connectivity index is 3.60. The Morgan fingerprint density at radius 3 is 1.86 bits per heavy atom. The molecule has 86 valence electrons. The molecule has 14 heavy (non-hydrogen) atoms. The van der Waals surface area contributed by atoms with Crippen LogP contribution in [0.25, 0.3) is 0 Å². The van der Waals surface area contributed by atoms with Crippen LogP contribution >= 0.6 is 0 Å². The first-order valence-corrected chi connectivity index (χ1v) is 5.18. The van der Waals surface area contributed by atoms with E-state index in [1.54, 1.807) is 0 Å². The van der Waals surface area contributed by atoms with Crippen LogP contribution in [0.3, 0.4) is 0 Å². The molecule has 0 aromatic heterocycles. The molecule has 4 heteroatoms. The van der Waals surface area contributed by atoms with Crippen molar-refractivity contribution in [3.63, 3.8) is 0 Å². The van der Waals surface area contributed by atoms with E-state index < -0.39 is 0 Å². The largest absolute Gasteiger partial charge is 0.395 e. The molecular formula is C10H24N2O2. The maximum Gasteiger partial charge on any atom is 0.0558 e. The molecule has 3 N–H and O–H groups in total.